The predicted molar refractivity (Wildman–Crippen MR) is 72.4 cm³/mol. The Kier molecular flexibility index (Phi) is 5.47. The molecule has 1 heterocycles. The maximum Gasteiger partial charge on any atom is 0.325 e. The van der Waals surface area contributed by atoms with Gasteiger partial charge in [0.1, 0.15) is 10.3 Å². The first-order valence-electron chi connectivity index (χ1n) is 4.99. The number of carboxylic acid groups (broad SMARTS) is 1. The van der Waals surface area contributed by atoms with Gasteiger partial charge in [-0.3, -0.25) is 9.59 Å². The van der Waals surface area contributed by atoms with Crippen molar-refractivity contribution in [2.24, 2.45) is 0 Å². The second kappa shape index (κ2) is 6.46. The average molecular weight is 371 g/mol. The molecule has 1 aromatic heterocycles. The van der Waals surface area contributed by atoms with Crippen LogP contribution in [0.4, 0.5) is 0 Å². The lowest BCUT2D eigenvalue weighted by atomic mass is 10.3. The van der Waals surface area contributed by atoms with E-state index in [1.54, 1.807) is 6.07 Å². The van der Waals surface area contributed by atoms with E-state index in [0.717, 1.165) is 11.3 Å². The van der Waals surface area contributed by atoms with Crippen LogP contribution in [0.1, 0.15) is 6.92 Å². The molecule has 10 heteroatoms. The molecule has 1 atom stereocenters. The number of carbonyl (C=O) groups is 2. The molecule has 106 valence electrons. The van der Waals surface area contributed by atoms with Crippen LogP contribution in [0.15, 0.2) is 20.1 Å². The van der Waals surface area contributed by atoms with Crippen LogP contribution in [0, 0.1) is 0 Å². The fourth-order valence-electron chi connectivity index (χ4n) is 1.03. The zero-order chi connectivity index (χ0) is 14.6. The summed E-state index contributed by atoms with van der Waals surface area (Å²) < 4.78 is 26.3. The summed E-state index contributed by atoms with van der Waals surface area (Å²) in [6, 6.07) is 1.90. The molecule has 0 aliphatic heterocycles. The molecule has 1 aromatic rings. The number of carbonyl (C=O) groups excluding carboxylic acids is 1. The van der Waals surface area contributed by atoms with Crippen LogP contribution >= 0.6 is 27.3 Å². The highest BCUT2D eigenvalue weighted by atomic mass is 79.9. The first-order valence-corrected chi connectivity index (χ1v) is 8.09. The van der Waals surface area contributed by atoms with Crippen LogP contribution in [0.3, 0.4) is 0 Å². The van der Waals surface area contributed by atoms with E-state index in [-0.39, 0.29) is 4.21 Å². The second-order valence-electron chi connectivity index (χ2n) is 3.51. The molecular weight excluding hydrogens is 360 g/mol. The Balaban J connectivity index is 2.57. The topological polar surface area (TPSA) is 113 Å². The molecule has 0 spiro atoms. The van der Waals surface area contributed by atoms with Gasteiger partial charge in [-0.25, -0.2) is 13.1 Å². The fraction of sp³-hybridized carbons (Fsp3) is 0.333. The van der Waals surface area contributed by atoms with Gasteiger partial charge in [0, 0.05) is 0 Å². The standard InChI is InChI=1S/C9H11BrN2O5S2/c1-5(9(14)15)12-7(13)4-11-19(16,17)8-3-2-6(10)18-8/h2-3,5,11H,4H2,1H3,(H,12,13)(H,14,15)/t5-/m0/s1. The van der Waals surface area contributed by atoms with E-state index in [1.807, 2.05) is 0 Å². The molecule has 0 saturated heterocycles. The maximum atomic E-state index is 11.8. The van der Waals surface area contributed by atoms with Gasteiger partial charge >= 0.3 is 5.97 Å². The van der Waals surface area contributed by atoms with E-state index in [9.17, 15) is 18.0 Å². The van der Waals surface area contributed by atoms with E-state index >= 15 is 0 Å². The predicted octanol–water partition coefficient (Wildman–Crippen LogP) is 0.378. The van der Waals surface area contributed by atoms with Crippen molar-refractivity contribution in [3.05, 3.63) is 15.9 Å². The highest BCUT2D eigenvalue weighted by Crippen LogP contribution is 2.25. The summed E-state index contributed by atoms with van der Waals surface area (Å²) in [5.41, 5.74) is 0. The first kappa shape index (κ1) is 16.1. The van der Waals surface area contributed by atoms with Gasteiger partial charge in [0.15, 0.2) is 0 Å². The number of amides is 1. The lowest BCUT2D eigenvalue weighted by molar-refractivity contribution is -0.141. The number of aliphatic carboxylic acids is 1. The minimum Gasteiger partial charge on any atom is -0.480 e. The largest absolute Gasteiger partial charge is 0.480 e. The van der Waals surface area contributed by atoms with Gasteiger partial charge in [-0.15, -0.1) is 11.3 Å². The van der Waals surface area contributed by atoms with Crippen molar-refractivity contribution < 1.29 is 23.1 Å². The Morgan fingerprint density at radius 2 is 2.11 bits per heavy atom. The van der Waals surface area contributed by atoms with Crippen molar-refractivity contribution in [2.75, 3.05) is 6.54 Å². The summed E-state index contributed by atoms with van der Waals surface area (Å²) >= 11 is 4.14. The summed E-state index contributed by atoms with van der Waals surface area (Å²) in [5, 5.41) is 10.7. The number of sulfonamides is 1. The molecule has 0 bridgehead atoms. The van der Waals surface area contributed by atoms with E-state index in [4.69, 9.17) is 5.11 Å². The molecule has 0 aliphatic rings. The minimum atomic E-state index is -3.76. The molecule has 0 aromatic carbocycles. The number of rotatable bonds is 6. The van der Waals surface area contributed by atoms with Crippen LogP contribution in [0.25, 0.3) is 0 Å². The molecule has 7 nitrogen and oxygen atoms in total. The molecule has 1 amide bonds. The number of thiophene rings is 1. The zero-order valence-corrected chi connectivity index (χ0v) is 12.9. The van der Waals surface area contributed by atoms with Crippen molar-refractivity contribution in [3.63, 3.8) is 0 Å². The highest BCUT2D eigenvalue weighted by molar-refractivity contribution is 9.11. The van der Waals surface area contributed by atoms with Crippen molar-refractivity contribution in [1.82, 2.24) is 10.0 Å². The van der Waals surface area contributed by atoms with Crippen LogP contribution in [0.5, 0.6) is 0 Å². The summed E-state index contributed by atoms with van der Waals surface area (Å²) in [4.78, 5) is 21.8. The Labute approximate surface area is 122 Å². The Morgan fingerprint density at radius 1 is 1.47 bits per heavy atom. The summed E-state index contributed by atoms with van der Waals surface area (Å²) in [5.74, 6) is -1.91. The van der Waals surface area contributed by atoms with Crippen molar-refractivity contribution >= 4 is 49.2 Å². The molecule has 0 unspecified atom stereocenters. The van der Waals surface area contributed by atoms with Crippen molar-refractivity contribution in [1.29, 1.82) is 0 Å². The first-order chi connectivity index (χ1) is 8.72. The Morgan fingerprint density at radius 3 is 2.58 bits per heavy atom. The third-order valence-electron chi connectivity index (χ3n) is 1.98. The number of nitrogens with one attached hydrogen (secondary N) is 2. The quantitative estimate of drug-likeness (QED) is 0.669. The Bertz CT molecular complexity index is 583. The van der Waals surface area contributed by atoms with Gasteiger partial charge in [-0.1, -0.05) is 0 Å². The number of hydrogen-bond donors (Lipinski definition) is 3. The second-order valence-corrected chi connectivity index (χ2v) is 7.97. The highest BCUT2D eigenvalue weighted by Gasteiger charge is 2.19. The number of carboxylic acids is 1. The SMILES string of the molecule is C[C@H](NC(=O)CNS(=O)(=O)c1ccc(Br)s1)C(=O)O. The lowest BCUT2D eigenvalue weighted by Crippen LogP contribution is -2.43. The van der Waals surface area contributed by atoms with Crippen LogP contribution < -0.4 is 10.0 Å². The summed E-state index contributed by atoms with van der Waals surface area (Å²) in [6.07, 6.45) is 0. The van der Waals surface area contributed by atoms with E-state index in [1.165, 1.54) is 13.0 Å². The molecule has 0 saturated carbocycles. The van der Waals surface area contributed by atoms with Crippen LogP contribution in [-0.2, 0) is 19.6 Å². The minimum absolute atomic E-state index is 0.0680. The third-order valence-corrected chi connectivity index (χ3v) is 5.50. The molecule has 0 fully saturated rings. The molecular formula is C9H11BrN2O5S2. The molecule has 3 N–H and O–H groups in total. The average Bonchev–Trinajstić information content (AvgIpc) is 2.74. The fourth-order valence-corrected chi connectivity index (χ4v) is 4.06. The normalized spacial score (nSPS) is 12.9. The van der Waals surface area contributed by atoms with Crippen molar-refractivity contribution in [2.45, 2.75) is 17.2 Å². The number of hydrogen-bond acceptors (Lipinski definition) is 5. The van der Waals surface area contributed by atoms with Gasteiger partial charge in [0.25, 0.3) is 10.0 Å². The molecule has 0 aliphatic carbocycles. The van der Waals surface area contributed by atoms with Gasteiger partial charge in [-0.2, -0.15) is 0 Å². The summed E-state index contributed by atoms with van der Waals surface area (Å²) in [6.45, 7) is 0.764. The molecule has 19 heavy (non-hydrogen) atoms. The van der Waals surface area contributed by atoms with Gasteiger partial charge in [0.2, 0.25) is 5.91 Å². The number of halogens is 1. The maximum absolute atomic E-state index is 11.8. The third kappa shape index (κ3) is 4.90. The Hall–Kier alpha value is -0.970. The van der Waals surface area contributed by atoms with Crippen molar-refractivity contribution in [3.8, 4) is 0 Å². The smallest absolute Gasteiger partial charge is 0.325 e. The van der Waals surface area contributed by atoms with Gasteiger partial charge in [0.05, 0.1) is 10.3 Å². The zero-order valence-electron chi connectivity index (χ0n) is 9.71. The molecule has 0 radical (unpaired) electrons. The summed E-state index contributed by atoms with van der Waals surface area (Å²) in [7, 11) is -3.76. The lowest BCUT2D eigenvalue weighted by Gasteiger charge is -2.09. The monoisotopic (exact) mass is 370 g/mol. The van der Waals surface area contributed by atoms with Gasteiger partial charge in [-0.05, 0) is 35.0 Å². The van der Waals surface area contributed by atoms with Gasteiger partial charge < -0.3 is 10.4 Å². The van der Waals surface area contributed by atoms with Crippen LogP contribution in [0.2, 0.25) is 0 Å². The van der Waals surface area contributed by atoms with E-state index in [2.05, 4.69) is 26.0 Å². The molecule has 1 rings (SSSR count). The van der Waals surface area contributed by atoms with Crippen LogP contribution in [-0.4, -0.2) is 38.0 Å². The van der Waals surface area contributed by atoms with E-state index < -0.39 is 34.5 Å². The van der Waals surface area contributed by atoms with E-state index in [0.29, 0.717) is 3.79 Å².